The van der Waals surface area contributed by atoms with E-state index in [1.54, 1.807) is 0 Å². The predicted octanol–water partition coefficient (Wildman–Crippen LogP) is 0.826. The van der Waals surface area contributed by atoms with E-state index in [1.807, 2.05) is 12.1 Å². The van der Waals surface area contributed by atoms with E-state index in [9.17, 15) is 9.59 Å². The van der Waals surface area contributed by atoms with Crippen LogP contribution in [0.1, 0.15) is 29.3 Å². The standard InChI is InChI=1S/C14H16N4O2/c1-8-4-2-3-5-9(8)10-6-11(10)13(19)15-7-12-16-14(20)18-17-12/h2-5,10-11H,6-7H2,1H3,(H,15,19)(H2,16,17,18,20). The number of nitrogens with zero attached hydrogens (tertiary/aromatic N) is 1. The number of amides is 1. The van der Waals surface area contributed by atoms with Crippen molar-refractivity contribution >= 4 is 5.91 Å². The molecule has 2 atom stereocenters. The quantitative estimate of drug-likeness (QED) is 0.769. The molecule has 6 nitrogen and oxygen atoms in total. The van der Waals surface area contributed by atoms with Crippen molar-refractivity contribution in [3.05, 3.63) is 51.7 Å². The summed E-state index contributed by atoms with van der Waals surface area (Å²) in [7, 11) is 0. The fourth-order valence-corrected chi connectivity index (χ4v) is 2.52. The molecule has 0 spiro atoms. The first-order valence-electron chi connectivity index (χ1n) is 6.62. The summed E-state index contributed by atoms with van der Waals surface area (Å²) in [4.78, 5) is 25.4. The van der Waals surface area contributed by atoms with Crippen LogP contribution in [0.25, 0.3) is 0 Å². The summed E-state index contributed by atoms with van der Waals surface area (Å²) in [6.07, 6.45) is 0.883. The number of aryl methyl sites for hydroxylation is 1. The molecule has 2 aromatic rings. The van der Waals surface area contributed by atoms with E-state index >= 15 is 0 Å². The van der Waals surface area contributed by atoms with E-state index in [4.69, 9.17) is 0 Å². The highest BCUT2D eigenvalue weighted by atomic mass is 16.2. The van der Waals surface area contributed by atoms with Crippen LogP contribution in [0.3, 0.4) is 0 Å². The molecule has 1 aromatic carbocycles. The SMILES string of the molecule is Cc1ccccc1C1CC1C(=O)NCc1n[nH]c(=O)[nH]1. The molecule has 1 heterocycles. The molecule has 0 bridgehead atoms. The van der Waals surface area contributed by atoms with Gasteiger partial charge < -0.3 is 5.32 Å². The van der Waals surface area contributed by atoms with Crippen LogP contribution in [-0.2, 0) is 11.3 Å². The maximum atomic E-state index is 12.0. The minimum atomic E-state index is -0.363. The molecule has 3 N–H and O–H groups in total. The summed E-state index contributed by atoms with van der Waals surface area (Å²) < 4.78 is 0. The van der Waals surface area contributed by atoms with Crippen molar-refractivity contribution < 1.29 is 4.79 Å². The number of nitrogens with one attached hydrogen (secondary N) is 3. The largest absolute Gasteiger partial charge is 0.349 e. The number of aromatic amines is 2. The zero-order chi connectivity index (χ0) is 14.1. The lowest BCUT2D eigenvalue weighted by atomic mass is 10.0. The number of hydrogen-bond donors (Lipinski definition) is 3. The van der Waals surface area contributed by atoms with Crippen LogP contribution in [0, 0.1) is 12.8 Å². The second-order valence-corrected chi connectivity index (χ2v) is 5.15. The molecule has 1 aliphatic rings. The third kappa shape index (κ3) is 2.49. The van der Waals surface area contributed by atoms with Crippen LogP contribution in [-0.4, -0.2) is 21.1 Å². The summed E-state index contributed by atoms with van der Waals surface area (Å²) in [5, 5.41) is 8.82. The summed E-state index contributed by atoms with van der Waals surface area (Å²) in [5.41, 5.74) is 2.11. The van der Waals surface area contributed by atoms with E-state index in [2.05, 4.69) is 39.6 Å². The zero-order valence-corrected chi connectivity index (χ0v) is 11.1. The summed E-state index contributed by atoms with van der Waals surface area (Å²) in [6.45, 7) is 2.31. The highest BCUT2D eigenvalue weighted by molar-refractivity contribution is 5.82. The lowest BCUT2D eigenvalue weighted by Crippen LogP contribution is -2.25. The van der Waals surface area contributed by atoms with E-state index < -0.39 is 0 Å². The first kappa shape index (κ1) is 12.7. The Labute approximate surface area is 115 Å². The molecule has 0 aliphatic heterocycles. The van der Waals surface area contributed by atoms with Gasteiger partial charge >= 0.3 is 5.69 Å². The molecule has 0 radical (unpaired) electrons. The summed E-state index contributed by atoms with van der Waals surface area (Å²) in [5.74, 6) is 0.801. The van der Waals surface area contributed by atoms with E-state index in [0.717, 1.165) is 6.42 Å². The summed E-state index contributed by atoms with van der Waals surface area (Å²) in [6, 6.07) is 8.16. The normalized spacial score (nSPS) is 20.6. The Morgan fingerprint density at radius 2 is 2.25 bits per heavy atom. The molecule has 1 fully saturated rings. The third-order valence-corrected chi connectivity index (χ3v) is 3.70. The first-order valence-corrected chi connectivity index (χ1v) is 6.62. The Hall–Kier alpha value is -2.37. The Bertz CT molecular complexity index is 688. The van der Waals surface area contributed by atoms with Gasteiger partial charge in [0.25, 0.3) is 0 Å². The van der Waals surface area contributed by atoms with Gasteiger partial charge in [0, 0.05) is 5.92 Å². The fraction of sp³-hybridized carbons (Fsp3) is 0.357. The molecule has 104 valence electrons. The van der Waals surface area contributed by atoms with Gasteiger partial charge in [-0.1, -0.05) is 24.3 Å². The van der Waals surface area contributed by atoms with Gasteiger partial charge in [0.15, 0.2) is 0 Å². The first-order chi connectivity index (χ1) is 9.65. The average molecular weight is 272 g/mol. The Kier molecular flexibility index (Phi) is 3.14. The second kappa shape index (κ2) is 4.96. The third-order valence-electron chi connectivity index (χ3n) is 3.70. The molecule has 0 saturated heterocycles. The Morgan fingerprint density at radius 1 is 1.45 bits per heavy atom. The van der Waals surface area contributed by atoms with Gasteiger partial charge in [-0.25, -0.2) is 9.89 Å². The van der Waals surface area contributed by atoms with Gasteiger partial charge in [-0.2, -0.15) is 5.10 Å². The monoisotopic (exact) mass is 272 g/mol. The van der Waals surface area contributed by atoms with Gasteiger partial charge in [-0.3, -0.25) is 9.78 Å². The van der Waals surface area contributed by atoms with Crippen LogP contribution in [0.2, 0.25) is 0 Å². The lowest BCUT2D eigenvalue weighted by molar-refractivity contribution is -0.122. The van der Waals surface area contributed by atoms with Crippen molar-refractivity contribution in [2.24, 2.45) is 5.92 Å². The highest BCUT2D eigenvalue weighted by Crippen LogP contribution is 2.48. The van der Waals surface area contributed by atoms with Crippen molar-refractivity contribution in [1.82, 2.24) is 20.5 Å². The van der Waals surface area contributed by atoms with Crippen molar-refractivity contribution in [3.63, 3.8) is 0 Å². The molecule has 1 aromatic heterocycles. The van der Waals surface area contributed by atoms with Crippen molar-refractivity contribution in [2.75, 3.05) is 0 Å². The lowest BCUT2D eigenvalue weighted by Gasteiger charge is -2.05. The van der Waals surface area contributed by atoms with Crippen molar-refractivity contribution in [2.45, 2.75) is 25.8 Å². The van der Waals surface area contributed by atoms with Gasteiger partial charge in [0.05, 0.1) is 6.54 Å². The smallest absolute Gasteiger partial charge is 0.340 e. The maximum absolute atomic E-state index is 12.0. The summed E-state index contributed by atoms with van der Waals surface area (Å²) >= 11 is 0. The Balaban J connectivity index is 1.58. The fourth-order valence-electron chi connectivity index (χ4n) is 2.52. The molecular weight excluding hydrogens is 256 g/mol. The van der Waals surface area contributed by atoms with Crippen LogP contribution >= 0.6 is 0 Å². The maximum Gasteiger partial charge on any atom is 0.340 e. The number of benzene rings is 1. The molecule has 1 saturated carbocycles. The van der Waals surface area contributed by atoms with Crippen molar-refractivity contribution in [3.8, 4) is 0 Å². The molecule has 6 heteroatoms. The zero-order valence-electron chi connectivity index (χ0n) is 11.1. The Morgan fingerprint density at radius 3 is 2.95 bits per heavy atom. The molecule has 1 amide bonds. The number of carbonyl (C=O) groups excluding carboxylic acids is 1. The number of aromatic nitrogens is 3. The molecule has 20 heavy (non-hydrogen) atoms. The topological polar surface area (TPSA) is 90.6 Å². The van der Waals surface area contributed by atoms with Crippen LogP contribution in [0.4, 0.5) is 0 Å². The molecular formula is C14H16N4O2. The minimum absolute atomic E-state index is 0.0158. The number of H-pyrrole nitrogens is 2. The number of rotatable bonds is 4. The molecule has 1 aliphatic carbocycles. The molecule has 2 unspecified atom stereocenters. The van der Waals surface area contributed by atoms with Crippen LogP contribution in [0.15, 0.2) is 29.1 Å². The van der Waals surface area contributed by atoms with Crippen LogP contribution in [0.5, 0.6) is 0 Å². The van der Waals surface area contributed by atoms with Gasteiger partial charge in [-0.15, -0.1) is 0 Å². The van der Waals surface area contributed by atoms with Crippen LogP contribution < -0.4 is 11.0 Å². The second-order valence-electron chi connectivity index (χ2n) is 5.15. The predicted molar refractivity (Wildman–Crippen MR) is 73.1 cm³/mol. The highest BCUT2D eigenvalue weighted by Gasteiger charge is 2.44. The van der Waals surface area contributed by atoms with E-state index in [0.29, 0.717) is 11.7 Å². The number of carbonyl (C=O) groups is 1. The van der Waals surface area contributed by atoms with Gasteiger partial charge in [0.2, 0.25) is 5.91 Å². The van der Waals surface area contributed by atoms with E-state index in [1.165, 1.54) is 11.1 Å². The number of hydrogen-bond acceptors (Lipinski definition) is 3. The van der Waals surface area contributed by atoms with Gasteiger partial charge in [0.1, 0.15) is 5.82 Å². The van der Waals surface area contributed by atoms with Crippen molar-refractivity contribution in [1.29, 1.82) is 0 Å². The van der Waals surface area contributed by atoms with Gasteiger partial charge in [-0.05, 0) is 30.4 Å². The molecule has 3 rings (SSSR count). The van der Waals surface area contributed by atoms with E-state index in [-0.39, 0.29) is 24.1 Å². The minimum Gasteiger partial charge on any atom is -0.349 e. The average Bonchev–Trinajstić information content (AvgIpc) is 3.12.